The Balaban J connectivity index is 1.29. The number of hydrogen-bond donors (Lipinski definition) is 2. The van der Waals surface area contributed by atoms with Gasteiger partial charge < -0.3 is 10.3 Å². The minimum absolute atomic E-state index is 0.0772. The first-order valence-electron chi connectivity index (χ1n) is 12.6. The van der Waals surface area contributed by atoms with E-state index in [0.717, 1.165) is 17.2 Å². The number of aromatic amines is 1. The molecule has 0 saturated heterocycles. The third-order valence-electron chi connectivity index (χ3n) is 7.03. The molecule has 0 bridgehead atoms. The van der Waals surface area contributed by atoms with Crippen LogP contribution in [0.3, 0.4) is 0 Å². The fourth-order valence-electron chi connectivity index (χ4n) is 5.12. The van der Waals surface area contributed by atoms with Gasteiger partial charge in [0.1, 0.15) is 0 Å². The van der Waals surface area contributed by atoms with Crippen LogP contribution < -0.4 is 15.8 Å². The molecule has 0 saturated carbocycles. The van der Waals surface area contributed by atoms with E-state index in [9.17, 15) is 36.3 Å². The summed E-state index contributed by atoms with van der Waals surface area (Å²) < 4.78 is 69.1. The van der Waals surface area contributed by atoms with Crippen LogP contribution in [0.5, 0.6) is 0 Å². The third kappa shape index (κ3) is 4.42. The first-order valence-corrected chi connectivity index (χ1v) is 12.6. The Kier molecular flexibility index (Phi) is 6.44. The summed E-state index contributed by atoms with van der Waals surface area (Å²) in [5.74, 6) is -8.08. The molecular formula is C29H18F5N5O3. The number of imide groups is 1. The molecular weight excluding hydrogens is 561 g/mol. The summed E-state index contributed by atoms with van der Waals surface area (Å²) in [5, 5.41) is 2.96. The number of aromatic nitrogens is 2. The molecule has 13 heteroatoms. The number of nitrogens with zero attached hydrogens (tertiary/aromatic N) is 3. The highest BCUT2D eigenvalue weighted by Gasteiger charge is 2.39. The lowest BCUT2D eigenvalue weighted by Crippen LogP contribution is -2.29. The van der Waals surface area contributed by atoms with Crippen molar-refractivity contribution in [3.05, 3.63) is 116 Å². The molecule has 212 valence electrons. The van der Waals surface area contributed by atoms with Gasteiger partial charge in [0.25, 0.3) is 17.4 Å². The van der Waals surface area contributed by atoms with Gasteiger partial charge in [0.15, 0.2) is 23.3 Å². The highest BCUT2D eigenvalue weighted by molar-refractivity contribution is 6.35. The lowest BCUT2D eigenvalue weighted by molar-refractivity contribution is 0.0926. The van der Waals surface area contributed by atoms with Gasteiger partial charge in [0.2, 0.25) is 5.95 Å². The maximum absolute atomic E-state index is 14.2. The van der Waals surface area contributed by atoms with Crippen LogP contribution in [-0.4, -0.2) is 33.5 Å². The van der Waals surface area contributed by atoms with E-state index in [1.807, 2.05) is 0 Å². The molecule has 2 aromatic carbocycles. The maximum atomic E-state index is 14.2. The minimum Gasteiger partial charge on any atom is -0.382 e. The number of aliphatic imine (C=N–C) groups is 1. The zero-order valence-corrected chi connectivity index (χ0v) is 21.6. The number of carbonyl (C=O) groups is 2. The molecule has 0 unspecified atom stereocenters. The Morgan fingerprint density at radius 1 is 0.952 bits per heavy atom. The lowest BCUT2D eigenvalue weighted by Gasteiger charge is -2.18. The fraction of sp³-hybridized carbons (Fsp3) is 0.138. The fourth-order valence-corrected chi connectivity index (χ4v) is 5.12. The zero-order valence-electron chi connectivity index (χ0n) is 21.6. The van der Waals surface area contributed by atoms with Crippen molar-refractivity contribution in [2.24, 2.45) is 4.99 Å². The number of H-pyrrole nitrogens is 1. The predicted octanol–water partition coefficient (Wildman–Crippen LogP) is 4.99. The van der Waals surface area contributed by atoms with Crippen molar-refractivity contribution >= 4 is 34.6 Å². The Morgan fingerprint density at radius 2 is 1.64 bits per heavy atom. The van der Waals surface area contributed by atoms with Crippen LogP contribution in [-0.2, 0) is 12.8 Å². The van der Waals surface area contributed by atoms with E-state index in [2.05, 4.69) is 20.3 Å². The van der Waals surface area contributed by atoms with Crippen molar-refractivity contribution in [2.75, 3.05) is 10.2 Å². The van der Waals surface area contributed by atoms with Crippen LogP contribution in [0.15, 0.2) is 58.6 Å². The number of halogens is 5. The topological polar surface area (TPSA) is 108 Å². The summed E-state index contributed by atoms with van der Waals surface area (Å²) >= 11 is 0. The van der Waals surface area contributed by atoms with Gasteiger partial charge in [-0.1, -0.05) is 0 Å². The average Bonchev–Trinajstić information content (AvgIpc) is 3.47. The lowest BCUT2D eigenvalue weighted by atomic mass is 9.99. The van der Waals surface area contributed by atoms with E-state index in [1.165, 1.54) is 37.4 Å². The van der Waals surface area contributed by atoms with Crippen LogP contribution >= 0.6 is 0 Å². The van der Waals surface area contributed by atoms with E-state index in [4.69, 9.17) is 0 Å². The SMILES string of the molecule is C[C@@H](Cc1c(F)c(F)cc(F)c1F)Nc1cc[nH]c(=O)c1C1=Nc2cc3c(cc2C1)C(=O)N(c1ccc(F)nc1)C3=O. The van der Waals surface area contributed by atoms with E-state index >= 15 is 0 Å². The van der Waals surface area contributed by atoms with Gasteiger partial charge in [-0.15, -0.1) is 0 Å². The molecule has 0 radical (unpaired) electrons. The molecule has 2 aromatic heterocycles. The van der Waals surface area contributed by atoms with Crippen LogP contribution in [0.1, 0.15) is 44.3 Å². The highest BCUT2D eigenvalue weighted by Crippen LogP contribution is 2.37. The Bertz CT molecular complexity index is 1880. The maximum Gasteiger partial charge on any atom is 0.266 e. The van der Waals surface area contributed by atoms with Crippen LogP contribution in [0.4, 0.5) is 39.0 Å². The van der Waals surface area contributed by atoms with Crippen molar-refractivity contribution in [1.82, 2.24) is 9.97 Å². The highest BCUT2D eigenvalue weighted by atomic mass is 19.2. The van der Waals surface area contributed by atoms with Crippen LogP contribution in [0.25, 0.3) is 0 Å². The summed E-state index contributed by atoms with van der Waals surface area (Å²) in [4.78, 5) is 50.5. The number of nitrogens with one attached hydrogen (secondary N) is 2. The van der Waals surface area contributed by atoms with Crippen molar-refractivity contribution < 1.29 is 31.5 Å². The number of anilines is 2. The van der Waals surface area contributed by atoms with Gasteiger partial charge in [-0.05, 0) is 49.2 Å². The van der Waals surface area contributed by atoms with E-state index in [-0.39, 0.29) is 40.6 Å². The zero-order chi connectivity index (χ0) is 29.9. The van der Waals surface area contributed by atoms with E-state index in [1.54, 1.807) is 0 Å². The number of benzene rings is 2. The monoisotopic (exact) mass is 579 g/mol. The number of pyridine rings is 2. The summed E-state index contributed by atoms with van der Waals surface area (Å²) in [6, 6.07) is 6.08. The molecule has 0 fully saturated rings. The van der Waals surface area contributed by atoms with Gasteiger partial charge >= 0.3 is 0 Å². The second-order valence-electron chi connectivity index (χ2n) is 9.84. The van der Waals surface area contributed by atoms with Crippen molar-refractivity contribution in [3.8, 4) is 0 Å². The van der Waals surface area contributed by atoms with Crippen LogP contribution in [0, 0.1) is 29.2 Å². The molecule has 4 heterocycles. The smallest absolute Gasteiger partial charge is 0.266 e. The van der Waals surface area contributed by atoms with E-state index in [0.29, 0.717) is 17.0 Å². The minimum atomic E-state index is -1.52. The molecule has 6 rings (SSSR count). The molecule has 0 aliphatic carbocycles. The summed E-state index contributed by atoms with van der Waals surface area (Å²) in [5.41, 5.74) is 0.520. The van der Waals surface area contributed by atoms with Crippen molar-refractivity contribution in [1.29, 1.82) is 0 Å². The molecule has 1 atom stereocenters. The summed E-state index contributed by atoms with van der Waals surface area (Å²) in [7, 11) is 0. The van der Waals surface area contributed by atoms with Gasteiger partial charge in [-0.2, -0.15) is 4.39 Å². The molecule has 0 spiro atoms. The largest absolute Gasteiger partial charge is 0.382 e. The molecule has 2 amide bonds. The molecule has 2 aliphatic heterocycles. The van der Waals surface area contributed by atoms with Gasteiger partial charge in [0.05, 0.1) is 45.7 Å². The predicted molar refractivity (Wildman–Crippen MR) is 142 cm³/mol. The summed E-state index contributed by atoms with van der Waals surface area (Å²) in [6.07, 6.45) is 2.09. The second-order valence-corrected chi connectivity index (χ2v) is 9.84. The van der Waals surface area contributed by atoms with Gasteiger partial charge in [-0.3, -0.25) is 19.4 Å². The molecule has 4 aromatic rings. The van der Waals surface area contributed by atoms with Gasteiger partial charge in [0, 0.05) is 30.3 Å². The number of hydrogen-bond acceptors (Lipinski definition) is 6. The number of rotatable bonds is 6. The molecule has 42 heavy (non-hydrogen) atoms. The van der Waals surface area contributed by atoms with Crippen LogP contribution in [0.2, 0.25) is 0 Å². The Labute approximate surface area is 233 Å². The Hall–Kier alpha value is -5.20. The number of fused-ring (bicyclic) bond motifs is 2. The standard InChI is InChI=1S/C29H18F5N5O3/c1-12(6-17-25(33)18(30)10-19(31)26(17)34)37-20-4-5-35-27(40)24(20)22-8-13-7-15-16(9-21(13)38-22)29(42)39(28(15)41)14-2-3-23(32)36-11-14/h2-5,7,9-12H,6,8H2,1H3,(H2,35,37,40)/t12-/m0/s1. The third-order valence-corrected chi connectivity index (χ3v) is 7.03. The van der Waals surface area contributed by atoms with E-state index < -0.39 is 64.6 Å². The molecule has 8 nitrogen and oxygen atoms in total. The number of carbonyl (C=O) groups excluding carboxylic acids is 2. The normalized spacial score (nSPS) is 14.6. The first kappa shape index (κ1) is 27.0. The first-order chi connectivity index (χ1) is 20.0. The quantitative estimate of drug-likeness (QED) is 0.145. The Morgan fingerprint density at radius 3 is 2.31 bits per heavy atom. The van der Waals surface area contributed by atoms with Gasteiger partial charge in [-0.25, -0.2) is 27.4 Å². The van der Waals surface area contributed by atoms with Crippen molar-refractivity contribution in [3.63, 3.8) is 0 Å². The second kappa shape index (κ2) is 10.0. The van der Waals surface area contributed by atoms with Crippen molar-refractivity contribution in [2.45, 2.75) is 25.8 Å². The summed E-state index contributed by atoms with van der Waals surface area (Å²) in [6.45, 7) is 1.52. The molecule has 2 N–H and O–H groups in total. The average molecular weight is 579 g/mol. The molecule has 2 aliphatic rings. The number of amides is 2.